The van der Waals surface area contributed by atoms with Crippen molar-refractivity contribution in [3.05, 3.63) is 106 Å². The Morgan fingerprint density at radius 2 is 1.28 bits per heavy atom. The number of phenolic OH excluding ortho intramolecular Hbond substituents is 2. The standard InChI is InChI=1S/C18H23NO2.C18H20NO.4ClH.Fe/c1-4-19(5-2)16-9-8-15(18(21)12-16)11-14-7-6-13(3)10-17(14)20;1-4-19(5-2)16-9-8-15-11-14-7-6-13(3)10-17(14)20-18(15)12-16;;;;;/h6-10,12,20-21H,4-5,11H2,1-3H3;6-12H,4-5H2,1-3H3;4*1H;/q;+1;;;;;+3/p-4. The topological polar surface area (TPSA) is 59.9 Å². The number of hydrogen-bond acceptors (Lipinski definition) is 4. The first-order valence-corrected chi connectivity index (χ1v) is 19.6. The monoisotopic (exact) mass is 747 g/mol. The van der Waals surface area contributed by atoms with Crippen LogP contribution in [0.15, 0.2) is 83.3 Å². The summed E-state index contributed by atoms with van der Waals surface area (Å²) in [5.41, 5.74) is 7.02. The summed E-state index contributed by atoms with van der Waals surface area (Å²) in [5, 5.41) is 22.6. The molecule has 251 valence electrons. The van der Waals surface area contributed by atoms with Gasteiger partial charge in [-0.1, -0.05) is 30.3 Å². The average Bonchev–Trinajstić information content (AvgIpc) is 3.00. The third kappa shape index (κ3) is 11.3. The van der Waals surface area contributed by atoms with Crippen LogP contribution in [0.4, 0.5) is 5.69 Å². The number of halogens is 4. The molecule has 1 heterocycles. The number of anilines is 1. The van der Waals surface area contributed by atoms with Crippen molar-refractivity contribution < 1.29 is 38.2 Å². The summed E-state index contributed by atoms with van der Waals surface area (Å²) < 4.78 is 8.41. The van der Waals surface area contributed by atoms with Gasteiger partial charge in [0.25, 0.3) is 0 Å². The van der Waals surface area contributed by atoms with E-state index in [1.807, 2.05) is 31.2 Å². The predicted molar refractivity (Wildman–Crippen MR) is 189 cm³/mol. The van der Waals surface area contributed by atoms with E-state index in [1.165, 1.54) is 10.9 Å². The number of hydrogen-bond donors (Lipinski definition) is 2. The number of phenols is 2. The van der Waals surface area contributed by atoms with E-state index in [1.54, 1.807) is 12.1 Å². The second-order valence-electron chi connectivity index (χ2n) is 10.6. The first-order chi connectivity index (χ1) is 21.5. The fourth-order valence-electron chi connectivity index (χ4n) is 5.17. The van der Waals surface area contributed by atoms with Gasteiger partial charge in [-0.15, -0.1) is 0 Å². The van der Waals surface area contributed by atoms with Gasteiger partial charge >= 0.3 is 41.5 Å². The van der Waals surface area contributed by atoms with Gasteiger partial charge in [0.05, 0.1) is 6.07 Å². The van der Waals surface area contributed by atoms with Gasteiger partial charge in [0.1, 0.15) is 35.9 Å². The Bertz CT molecular complexity index is 1730. The molecule has 0 bridgehead atoms. The van der Waals surface area contributed by atoms with E-state index in [0.29, 0.717) is 6.42 Å². The summed E-state index contributed by atoms with van der Waals surface area (Å²) in [7, 11) is 14.7. The Kier molecular flexibility index (Phi) is 16.6. The van der Waals surface area contributed by atoms with Gasteiger partial charge in [-0.3, -0.25) is 0 Å². The van der Waals surface area contributed by atoms with Crippen LogP contribution < -0.4 is 27.2 Å². The molecule has 0 radical (unpaired) electrons. The molecule has 0 unspecified atom stereocenters. The van der Waals surface area contributed by atoms with Gasteiger partial charge in [-0.05, 0) is 94.1 Å². The molecule has 0 amide bonds. The van der Waals surface area contributed by atoms with Gasteiger partial charge < -0.3 is 31.9 Å². The quantitative estimate of drug-likeness (QED) is 0.112. The van der Waals surface area contributed by atoms with Crippen LogP contribution in [0.2, 0.25) is 0 Å². The Morgan fingerprint density at radius 1 is 0.717 bits per heavy atom. The molecule has 5 rings (SSSR count). The number of aromatic hydroxyl groups is 2. The Morgan fingerprint density at radius 3 is 1.85 bits per heavy atom. The second-order valence-corrected chi connectivity index (χ2v) is 16.1. The van der Waals surface area contributed by atoms with E-state index in [-0.39, 0.29) is 23.9 Å². The van der Waals surface area contributed by atoms with Gasteiger partial charge in [-0.2, -0.15) is 0 Å². The molecule has 2 N–H and O–H groups in total. The SMILES string of the molecule is CCN(CC)c1ccc(Cc2ccc(C)cc2O)c(O)c1.CC[N+](CC)=c1ccc2cc3ccc(C)cc3oc-2c1.[Cl-].[Cl][Fe]([Cl])[Cl]. The average molecular weight is 749 g/mol. The van der Waals surface area contributed by atoms with Crippen LogP contribution in [0, 0.1) is 13.8 Å². The van der Waals surface area contributed by atoms with Gasteiger partial charge in [0, 0.05) is 48.3 Å². The van der Waals surface area contributed by atoms with Crippen molar-refractivity contribution in [3.8, 4) is 22.8 Å². The summed E-state index contributed by atoms with van der Waals surface area (Å²) in [6.07, 6.45) is 0.524. The van der Waals surface area contributed by atoms with Crippen molar-refractivity contribution in [3.63, 3.8) is 0 Å². The normalized spacial score (nSPS) is 10.7. The zero-order chi connectivity index (χ0) is 33.1. The molecule has 10 heteroatoms. The molecule has 5 nitrogen and oxygen atoms in total. The molecule has 1 aliphatic heterocycles. The fourth-order valence-corrected chi connectivity index (χ4v) is 5.17. The van der Waals surface area contributed by atoms with Crippen molar-refractivity contribution >= 4 is 47.0 Å². The molecule has 0 aromatic heterocycles. The van der Waals surface area contributed by atoms with E-state index in [2.05, 4.69) is 86.6 Å². The first-order valence-electron chi connectivity index (χ1n) is 15.0. The Hall–Kier alpha value is -2.57. The van der Waals surface area contributed by atoms with Crippen molar-refractivity contribution in [1.82, 2.24) is 4.58 Å². The van der Waals surface area contributed by atoms with E-state index in [4.69, 9.17) is 34.7 Å². The molecular formula is C36H43Cl4FeN2O3. The molecule has 0 spiro atoms. The van der Waals surface area contributed by atoms with Gasteiger partial charge in [-0.25, -0.2) is 4.58 Å². The van der Waals surface area contributed by atoms with Crippen molar-refractivity contribution in [2.45, 2.75) is 48.0 Å². The molecule has 46 heavy (non-hydrogen) atoms. The zero-order valence-electron chi connectivity index (χ0n) is 27.1. The van der Waals surface area contributed by atoms with Crippen LogP contribution in [-0.4, -0.2) is 36.4 Å². The third-order valence-electron chi connectivity index (χ3n) is 7.64. The van der Waals surface area contributed by atoms with Crippen LogP contribution >= 0.6 is 30.3 Å². The van der Waals surface area contributed by atoms with E-state index in [0.717, 1.165) is 70.8 Å². The van der Waals surface area contributed by atoms with Crippen LogP contribution in [0.3, 0.4) is 0 Å². The van der Waals surface area contributed by atoms with Crippen LogP contribution in [0.1, 0.15) is 49.9 Å². The summed E-state index contributed by atoms with van der Waals surface area (Å²) >= 11 is -1.33. The third-order valence-corrected chi connectivity index (χ3v) is 7.64. The molecule has 3 aromatic rings. The first kappa shape index (κ1) is 39.6. The van der Waals surface area contributed by atoms with E-state index >= 15 is 0 Å². The predicted octanol–water partition coefficient (Wildman–Crippen LogP) is 6.57. The zero-order valence-corrected chi connectivity index (χ0v) is 31.2. The number of rotatable bonds is 7. The van der Waals surface area contributed by atoms with Crippen LogP contribution in [0.25, 0.3) is 22.3 Å². The fraction of sp³-hybridized carbons (Fsp3) is 0.306. The summed E-state index contributed by atoms with van der Waals surface area (Å²) in [6, 6.07) is 26.4. The van der Waals surface area contributed by atoms with Gasteiger partial charge in [0.2, 0.25) is 5.36 Å². The molecule has 1 aliphatic carbocycles. The maximum absolute atomic E-state index is 10.2. The van der Waals surface area contributed by atoms with Crippen molar-refractivity contribution in [2.24, 2.45) is 0 Å². The molecule has 0 fully saturated rings. The minimum atomic E-state index is -1.33. The Labute approximate surface area is 296 Å². The second kappa shape index (κ2) is 19.3. The molecule has 3 aromatic carbocycles. The molecule has 0 saturated carbocycles. The summed E-state index contributed by atoms with van der Waals surface area (Å²) in [4.78, 5) is 2.19. The van der Waals surface area contributed by atoms with Crippen LogP contribution in [-0.2, 0) is 17.6 Å². The maximum atomic E-state index is 10.2. The van der Waals surface area contributed by atoms with E-state index in [9.17, 15) is 10.2 Å². The van der Waals surface area contributed by atoms with Gasteiger partial charge in [0.15, 0.2) is 0 Å². The molecule has 0 saturated heterocycles. The molecule has 2 aliphatic rings. The Balaban J connectivity index is 0.000000282. The number of aryl methyl sites for hydroxylation is 2. The van der Waals surface area contributed by atoms with Crippen LogP contribution in [0.5, 0.6) is 11.5 Å². The van der Waals surface area contributed by atoms with Crippen molar-refractivity contribution in [2.75, 3.05) is 31.1 Å². The number of nitrogens with zero attached hydrogens (tertiary/aromatic N) is 2. The van der Waals surface area contributed by atoms with E-state index < -0.39 is 11.2 Å². The number of benzene rings is 4. The minimum absolute atomic E-state index is 0. The summed E-state index contributed by atoms with van der Waals surface area (Å²) in [6.45, 7) is 16.4. The molecule has 0 atom stereocenters. The molecular weight excluding hydrogens is 706 g/mol. The number of fused-ring (bicyclic) bond motifs is 2. The summed E-state index contributed by atoms with van der Waals surface area (Å²) in [5.74, 6) is 1.51. The van der Waals surface area contributed by atoms with Crippen molar-refractivity contribution in [1.29, 1.82) is 0 Å².